The first-order valence-corrected chi connectivity index (χ1v) is 23.8. The maximum Gasteiger partial charge on any atom is 0.0159 e. The first-order valence-electron chi connectivity index (χ1n) is 22.5. The van der Waals surface area contributed by atoms with Crippen molar-refractivity contribution in [2.75, 3.05) is 6.26 Å². The summed E-state index contributed by atoms with van der Waals surface area (Å²) in [5.41, 5.74) is 23.3. The summed E-state index contributed by atoms with van der Waals surface area (Å²) in [6, 6.07) is 75.4. The predicted molar refractivity (Wildman–Crippen MR) is 276 cm³/mol. The van der Waals surface area contributed by atoms with Crippen LogP contribution in [0.2, 0.25) is 0 Å². The smallest absolute Gasteiger partial charge is 0.0159 e. The van der Waals surface area contributed by atoms with Gasteiger partial charge in [-0.05, 0) is 152 Å². The average molecular weight is 837 g/mol. The predicted octanol–water partition coefficient (Wildman–Crippen LogP) is 17.7. The van der Waals surface area contributed by atoms with Gasteiger partial charge >= 0.3 is 0 Å². The standard InChI is InChI=1S/C63H48S/c1-62(2)55-25-15-13-21-46(55)48-33-31-42(35-57(48)62)60-50-23-11-12-24-51(50)61(43-32-34-49-47-22-14-16-26-56(47)63(3,4)58(49)36-43)54-38-59(64-5)52(37-53(54)60)41-29-27-40(28-30-41)45-20-10-9-19-44(45)39-17-7-6-8-18-39/h6-38H,1-5H3. The molecule has 0 unspecified atom stereocenters. The van der Waals surface area contributed by atoms with Crippen molar-refractivity contribution in [1.29, 1.82) is 0 Å². The molecule has 10 aromatic rings. The van der Waals surface area contributed by atoms with Gasteiger partial charge in [0.25, 0.3) is 0 Å². The van der Waals surface area contributed by atoms with Gasteiger partial charge in [-0.2, -0.15) is 0 Å². The van der Waals surface area contributed by atoms with E-state index in [-0.39, 0.29) is 10.8 Å². The largest absolute Gasteiger partial charge is 0.129 e. The SMILES string of the molecule is CSc1cc2c(-c3ccc4c(c3)C(C)(C)c3ccccc3-4)c3ccccc3c(-c3ccc4c(c3)C(C)(C)c3ccccc3-4)c2cc1-c1ccc(-c2ccccc2-c2ccccc2)cc1. The quantitative estimate of drug-likeness (QED) is 0.119. The molecule has 0 aromatic heterocycles. The lowest BCUT2D eigenvalue weighted by Gasteiger charge is -2.24. The monoisotopic (exact) mass is 836 g/mol. The van der Waals surface area contributed by atoms with Crippen LogP contribution in [0.4, 0.5) is 0 Å². The highest BCUT2D eigenvalue weighted by Crippen LogP contribution is 2.54. The number of hydrogen-bond acceptors (Lipinski definition) is 1. The molecule has 0 fully saturated rings. The van der Waals surface area contributed by atoms with Crippen LogP contribution < -0.4 is 0 Å². The van der Waals surface area contributed by atoms with Crippen molar-refractivity contribution in [2.24, 2.45) is 0 Å². The van der Waals surface area contributed by atoms with E-state index in [1.807, 2.05) is 11.8 Å². The van der Waals surface area contributed by atoms with Gasteiger partial charge < -0.3 is 0 Å². The van der Waals surface area contributed by atoms with Crippen molar-refractivity contribution in [3.63, 3.8) is 0 Å². The van der Waals surface area contributed by atoms with Crippen LogP contribution in [0.3, 0.4) is 0 Å². The minimum Gasteiger partial charge on any atom is -0.129 e. The zero-order valence-electron chi connectivity index (χ0n) is 37.0. The lowest BCUT2D eigenvalue weighted by atomic mass is 9.79. The molecule has 0 N–H and O–H groups in total. The van der Waals surface area contributed by atoms with Crippen LogP contribution in [0.1, 0.15) is 49.9 Å². The Balaban J connectivity index is 1.11. The molecule has 0 nitrogen and oxygen atoms in total. The Morgan fingerprint density at radius 1 is 0.281 bits per heavy atom. The fourth-order valence-electron chi connectivity index (χ4n) is 11.4. The third-order valence-corrected chi connectivity index (χ3v) is 15.4. The topological polar surface area (TPSA) is 0 Å². The first-order chi connectivity index (χ1) is 31.2. The number of fused-ring (bicyclic) bond motifs is 8. The van der Waals surface area contributed by atoms with Crippen molar-refractivity contribution >= 4 is 33.3 Å². The zero-order valence-corrected chi connectivity index (χ0v) is 37.8. The van der Waals surface area contributed by atoms with Crippen molar-refractivity contribution in [1.82, 2.24) is 0 Å². The maximum atomic E-state index is 2.51. The molecule has 0 atom stereocenters. The summed E-state index contributed by atoms with van der Waals surface area (Å²) in [6.45, 7) is 9.55. The molecule has 0 heterocycles. The summed E-state index contributed by atoms with van der Waals surface area (Å²) in [4.78, 5) is 1.27. The van der Waals surface area contributed by atoms with Crippen LogP contribution in [0, 0.1) is 0 Å². The van der Waals surface area contributed by atoms with E-state index >= 15 is 0 Å². The van der Waals surface area contributed by atoms with Gasteiger partial charge in [-0.15, -0.1) is 11.8 Å². The van der Waals surface area contributed by atoms with E-state index in [2.05, 4.69) is 234 Å². The van der Waals surface area contributed by atoms with Gasteiger partial charge in [-0.1, -0.05) is 204 Å². The summed E-state index contributed by atoms with van der Waals surface area (Å²) in [7, 11) is 0. The second-order valence-corrected chi connectivity index (χ2v) is 19.6. The normalized spacial score (nSPS) is 14.0. The Hall–Kier alpha value is -6.93. The first kappa shape index (κ1) is 38.7. The molecule has 0 spiro atoms. The van der Waals surface area contributed by atoms with Crippen LogP contribution in [-0.4, -0.2) is 6.26 Å². The fraction of sp³-hybridized carbons (Fsp3) is 0.111. The zero-order chi connectivity index (χ0) is 43.3. The third kappa shape index (κ3) is 5.77. The van der Waals surface area contributed by atoms with Gasteiger partial charge in [0.1, 0.15) is 0 Å². The molecule has 2 aliphatic rings. The Morgan fingerprint density at radius 2 is 0.656 bits per heavy atom. The summed E-state index contributed by atoms with van der Waals surface area (Å²) in [6.07, 6.45) is 2.23. The highest BCUT2D eigenvalue weighted by Gasteiger charge is 2.37. The van der Waals surface area contributed by atoms with E-state index in [4.69, 9.17) is 0 Å². The molecule has 0 radical (unpaired) electrons. The molecular weight excluding hydrogens is 789 g/mol. The van der Waals surface area contributed by atoms with Crippen LogP contribution in [0.25, 0.3) is 99.4 Å². The second-order valence-electron chi connectivity index (χ2n) is 18.7. The average Bonchev–Trinajstić information content (AvgIpc) is 3.71. The van der Waals surface area contributed by atoms with Gasteiger partial charge in [0, 0.05) is 15.7 Å². The third-order valence-electron chi connectivity index (χ3n) is 14.6. The van der Waals surface area contributed by atoms with Gasteiger partial charge in [-0.3, -0.25) is 0 Å². The van der Waals surface area contributed by atoms with E-state index in [9.17, 15) is 0 Å². The second kappa shape index (κ2) is 14.6. The maximum absolute atomic E-state index is 2.51. The van der Waals surface area contributed by atoms with Gasteiger partial charge in [0.2, 0.25) is 0 Å². The number of rotatable bonds is 6. The highest BCUT2D eigenvalue weighted by molar-refractivity contribution is 7.98. The molecule has 64 heavy (non-hydrogen) atoms. The Bertz CT molecular complexity index is 3510. The molecule has 0 amide bonds. The summed E-state index contributed by atoms with van der Waals surface area (Å²) in [5.74, 6) is 0. The summed E-state index contributed by atoms with van der Waals surface area (Å²) in [5, 5.41) is 5.11. The molecule has 2 aliphatic carbocycles. The minimum absolute atomic E-state index is 0.104. The van der Waals surface area contributed by atoms with Gasteiger partial charge in [-0.25, -0.2) is 0 Å². The van der Waals surface area contributed by atoms with Crippen LogP contribution >= 0.6 is 11.8 Å². The van der Waals surface area contributed by atoms with Gasteiger partial charge in [0.15, 0.2) is 0 Å². The molecule has 0 saturated heterocycles. The molecular formula is C63H48S. The van der Waals surface area contributed by atoms with Crippen molar-refractivity contribution in [2.45, 2.75) is 43.4 Å². The lowest BCUT2D eigenvalue weighted by molar-refractivity contribution is 0.660. The van der Waals surface area contributed by atoms with Crippen LogP contribution in [0.5, 0.6) is 0 Å². The number of thioether (sulfide) groups is 1. The molecule has 0 bridgehead atoms. The molecule has 10 aromatic carbocycles. The number of hydrogen-bond donors (Lipinski definition) is 0. The Labute approximate surface area is 381 Å². The minimum atomic E-state index is -0.111. The Kier molecular flexibility index (Phi) is 8.81. The van der Waals surface area contributed by atoms with E-state index in [0.29, 0.717) is 0 Å². The molecule has 0 saturated carbocycles. The fourth-order valence-corrected chi connectivity index (χ4v) is 12.0. The molecule has 306 valence electrons. The van der Waals surface area contributed by atoms with Crippen LogP contribution in [0.15, 0.2) is 205 Å². The summed E-state index contributed by atoms with van der Waals surface area (Å²) >= 11 is 1.84. The molecule has 12 rings (SSSR count). The summed E-state index contributed by atoms with van der Waals surface area (Å²) < 4.78 is 0. The van der Waals surface area contributed by atoms with Gasteiger partial charge in [0.05, 0.1) is 0 Å². The molecule has 1 heteroatoms. The number of benzene rings is 10. The van der Waals surface area contributed by atoms with E-state index in [1.54, 1.807) is 0 Å². The highest BCUT2D eigenvalue weighted by atomic mass is 32.2. The van der Waals surface area contributed by atoms with Crippen molar-refractivity contribution in [3.8, 4) is 77.9 Å². The molecule has 0 aliphatic heterocycles. The van der Waals surface area contributed by atoms with E-state index < -0.39 is 0 Å². The Morgan fingerprint density at radius 3 is 1.16 bits per heavy atom. The van der Waals surface area contributed by atoms with E-state index in [0.717, 1.165) is 0 Å². The van der Waals surface area contributed by atoms with Crippen molar-refractivity contribution in [3.05, 3.63) is 222 Å². The lowest BCUT2D eigenvalue weighted by Crippen LogP contribution is -2.15. The van der Waals surface area contributed by atoms with E-state index in [1.165, 1.54) is 127 Å². The van der Waals surface area contributed by atoms with Crippen molar-refractivity contribution < 1.29 is 0 Å². The van der Waals surface area contributed by atoms with Crippen LogP contribution in [-0.2, 0) is 10.8 Å².